The highest BCUT2D eigenvalue weighted by Gasteiger charge is 2.29. The van der Waals surface area contributed by atoms with E-state index in [2.05, 4.69) is 15.9 Å². The summed E-state index contributed by atoms with van der Waals surface area (Å²) in [7, 11) is 0. The van der Waals surface area contributed by atoms with Crippen molar-refractivity contribution in [3.05, 3.63) is 33.8 Å². The van der Waals surface area contributed by atoms with Gasteiger partial charge in [-0.15, -0.1) is 0 Å². The molecule has 0 radical (unpaired) electrons. The first kappa shape index (κ1) is 14.9. The van der Waals surface area contributed by atoms with Gasteiger partial charge >= 0.3 is 5.97 Å². The summed E-state index contributed by atoms with van der Waals surface area (Å²) in [6.07, 6.45) is 1.09. The highest BCUT2D eigenvalue weighted by molar-refractivity contribution is 9.10. The fourth-order valence-corrected chi connectivity index (χ4v) is 2.71. The number of aliphatic carboxylic acids is 1. The van der Waals surface area contributed by atoms with Crippen molar-refractivity contribution in [3.63, 3.8) is 0 Å². The Balaban J connectivity index is 2.23. The average molecular weight is 348 g/mol. The number of hydrogen-bond acceptors (Lipinski definition) is 2. The number of benzene rings is 1. The third-order valence-corrected chi connectivity index (χ3v) is 3.95. The Labute approximate surface area is 122 Å². The molecule has 0 saturated carbocycles. The highest BCUT2D eigenvalue weighted by atomic mass is 79.9. The number of piperidine rings is 1. The molecule has 108 valence electrons. The van der Waals surface area contributed by atoms with Gasteiger partial charge in [0.1, 0.15) is 0 Å². The molecular weight excluding hydrogens is 336 g/mol. The summed E-state index contributed by atoms with van der Waals surface area (Å²) in [5.74, 6) is -4.22. The molecule has 1 aromatic rings. The lowest BCUT2D eigenvalue weighted by molar-refractivity contribution is -0.143. The Hall–Kier alpha value is -1.50. The molecule has 1 heterocycles. The lowest BCUT2D eigenvalue weighted by Crippen LogP contribution is -2.42. The van der Waals surface area contributed by atoms with Crippen LogP contribution >= 0.6 is 15.9 Å². The summed E-state index contributed by atoms with van der Waals surface area (Å²) < 4.78 is 26.4. The SMILES string of the molecule is O=C(O)C1CCCN(C(=O)c2cc(F)c(F)cc2Br)C1. The van der Waals surface area contributed by atoms with E-state index in [-0.39, 0.29) is 16.6 Å². The first-order valence-electron chi connectivity index (χ1n) is 6.06. The van der Waals surface area contributed by atoms with Crippen molar-refractivity contribution >= 4 is 27.8 Å². The molecule has 20 heavy (non-hydrogen) atoms. The van der Waals surface area contributed by atoms with Gasteiger partial charge in [0, 0.05) is 17.6 Å². The Morgan fingerprint density at radius 3 is 2.60 bits per heavy atom. The Morgan fingerprint density at radius 1 is 1.30 bits per heavy atom. The van der Waals surface area contributed by atoms with Crippen LogP contribution in [0.4, 0.5) is 8.78 Å². The molecule has 0 spiro atoms. The molecule has 7 heteroatoms. The van der Waals surface area contributed by atoms with Gasteiger partial charge in [0.2, 0.25) is 0 Å². The smallest absolute Gasteiger partial charge is 0.308 e. The van der Waals surface area contributed by atoms with Gasteiger partial charge in [0.05, 0.1) is 11.5 Å². The van der Waals surface area contributed by atoms with Crippen LogP contribution in [-0.4, -0.2) is 35.0 Å². The Bertz CT molecular complexity index is 565. The topological polar surface area (TPSA) is 57.6 Å². The quantitative estimate of drug-likeness (QED) is 0.836. The van der Waals surface area contributed by atoms with Crippen molar-refractivity contribution in [2.24, 2.45) is 5.92 Å². The maximum absolute atomic E-state index is 13.2. The summed E-state index contributed by atoms with van der Waals surface area (Å²) >= 11 is 3.02. The normalized spacial score (nSPS) is 18.9. The minimum atomic E-state index is -1.11. The largest absolute Gasteiger partial charge is 0.481 e. The maximum atomic E-state index is 13.2. The van der Waals surface area contributed by atoms with Crippen molar-refractivity contribution in [2.45, 2.75) is 12.8 Å². The van der Waals surface area contributed by atoms with Crippen molar-refractivity contribution in [1.29, 1.82) is 0 Å². The molecule has 1 amide bonds. The van der Waals surface area contributed by atoms with Crippen molar-refractivity contribution < 1.29 is 23.5 Å². The summed E-state index contributed by atoms with van der Waals surface area (Å²) in [5.41, 5.74) is -0.00469. The van der Waals surface area contributed by atoms with Crippen LogP contribution in [0.25, 0.3) is 0 Å². The van der Waals surface area contributed by atoms with Crippen LogP contribution in [0.5, 0.6) is 0 Å². The zero-order valence-corrected chi connectivity index (χ0v) is 12.0. The van der Waals surface area contributed by atoms with E-state index in [9.17, 15) is 18.4 Å². The first-order valence-corrected chi connectivity index (χ1v) is 6.86. The molecule has 1 aliphatic heterocycles. The van der Waals surface area contributed by atoms with E-state index >= 15 is 0 Å². The molecule has 0 aliphatic carbocycles. The third-order valence-electron chi connectivity index (χ3n) is 3.30. The molecule has 1 atom stereocenters. The van der Waals surface area contributed by atoms with Crippen LogP contribution in [0.1, 0.15) is 23.2 Å². The van der Waals surface area contributed by atoms with Gasteiger partial charge in [-0.3, -0.25) is 9.59 Å². The van der Waals surface area contributed by atoms with Crippen molar-refractivity contribution in [3.8, 4) is 0 Å². The number of carboxylic acid groups (broad SMARTS) is 1. The minimum absolute atomic E-state index is 0.00469. The second-order valence-corrected chi connectivity index (χ2v) is 5.53. The van der Waals surface area contributed by atoms with Crippen LogP contribution in [-0.2, 0) is 4.79 Å². The van der Waals surface area contributed by atoms with Crippen LogP contribution in [0.15, 0.2) is 16.6 Å². The highest BCUT2D eigenvalue weighted by Crippen LogP contribution is 2.25. The lowest BCUT2D eigenvalue weighted by Gasteiger charge is -2.31. The third kappa shape index (κ3) is 2.98. The van der Waals surface area contributed by atoms with Gasteiger partial charge in [0.25, 0.3) is 5.91 Å². The van der Waals surface area contributed by atoms with Gasteiger partial charge < -0.3 is 10.0 Å². The molecule has 1 saturated heterocycles. The number of carbonyl (C=O) groups excluding carboxylic acids is 1. The number of likely N-dealkylation sites (tertiary alicyclic amines) is 1. The van der Waals surface area contributed by atoms with E-state index in [0.29, 0.717) is 19.4 Å². The molecular formula is C13H12BrF2NO3. The van der Waals surface area contributed by atoms with Gasteiger partial charge in [-0.25, -0.2) is 8.78 Å². The summed E-state index contributed by atoms with van der Waals surface area (Å²) in [6, 6.07) is 1.72. The van der Waals surface area contributed by atoms with E-state index in [1.807, 2.05) is 0 Å². The molecule has 0 bridgehead atoms. The van der Waals surface area contributed by atoms with Gasteiger partial charge in [-0.05, 0) is 40.9 Å². The van der Waals surface area contributed by atoms with E-state index in [0.717, 1.165) is 12.1 Å². The first-order chi connectivity index (χ1) is 9.40. The van der Waals surface area contributed by atoms with Crippen molar-refractivity contribution in [2.75, 3.05) is 13.1 Å². The van der Waals surface area contributed by atoms with Gasteiger partial charge in [0.15, 0.2) is 11.6 Å². The number of hydrogen-bond donors (Lipinski definition) is 1. The van der Waals surface area contributed by atoms with E-state index in [4.69, 9.17) is 5.11 Å². The predicted octanol–water partition coefficient (Wildman–Crippen LogP) is 2.66. The van der Waals surface area contributed by atoms with Crippen LogP contribution in [0.2, 0.25) is 0 Å². The Kier molecular flexibility index (Phi) is 4.37. The van der Waals surface area contributed by atoms with E-state index in [1.54, 1.807) is 0 Å². The lowest BCUT2D eigenvalue weighted by atomic mass is 9.97. The molecule has 1 aromatic carbocycles. The molecule has 1 aliphatic rings. The Morgan fingerprint density at radius 2 is 1.95 bits per heavy atom. The fraction of sp³-hybridized carbons (Fsp3) is 0.385. The van der Waals surface area contributed by atoms with Gasteiger partial charge in [-0.2, -0.15) is 0 Å². The van der Waals surface area contributed by atoms with Crippen LogP contribution in [0, 0.1) is 17.6 Å². The number of halogens is 3. The van der Waals surface area contributed by atoms with Crippen LogP contribution in [0.3, 0.4) is 0 Å². The zero-order valence-electron chi connectivity index (χ0n) is 10.4. The minimum Gasteiger partial charge on any atom is -0.481 e. The maximum Gasteiger partial charge on any atom is 0.308 e. The molecule has 2 rings (SSSR count). The standard InChI is InChI=1S/C13H12BrF2NO3/c14-9-5-11(16)10(15)4-8(9)12(18)17-3-1-2-7(6-17)13(19)20/h4-5,7H,1-3,6H2,(H,19,20). The zero-order chi connectivity index (χ0) is 14.9. The molecule has 1 N–H and O–H groups in total. The number of carboxylic acids is 1. The van der Waals surface area contributed by atoms with Crippen LogP contribution < -0.4 is 0 Å². The molecule has 0 aromatic heterocycles. The molecule has 4 nitrogen and oxygen atoms in total. The van der Waals surface area contributed by atoms with E-state index < -0.39 is 29.4 Å². The second kappa shape index (κ2) is 5.87. The second-order valence-electron chi connectivity index (χ2n) is 4.67. The van der Waals surface area contributed by atoms with Crippen molar-refractivity contribution in [1.82, 2.24) is 4.90 Å². The summed E-state index contributed by atoms with van der Waals surface area (Å²) in [5, 5.41) is 8.99. The number of nitrogens with zero attached hydrogens (tertiary/aromatic N) is 1. The summed E-state index contributed by atoms with van der Waals surface area (Å²) in [4.78, 5) is 24.6. The number of rotatable bonds is 2. The monoisotopic (exact) mass is 347 g/mol. The number of amides is 1. The predicted molar refractivity (Wildman–Crippen MR) is 70.3 cm³/mol. The fourth-order valence-electron chi connectivity index (χ4n) is 2.22. The van der Waals surface area contributed by atoms with E-state index in [1.165, 1.54) is 4.90 Å². The number of carbonyl (C=O) groups is 2. The van der Waals surface area contributed by atoms with Gasteiger partial charge in [-0.1, -0.05) is 0 Å². The molecule has 1 fully saturated rings. The summed E-state index contributed by atoms with van der Waals surface area (Å²) in [6.45, 7) is 0.494. The molecule has 1 unspecified atom stereocenters. The average Bonchev–Trinajstić information content (AvgIpc) is 2.42.